The second-order valence-corrected chi connectivity index (χ2v) is 4.88. The zero-order chi connectivity index (χ0) is 13.5. The van der Waals surface area contributed by atoms with E-state index >= 15 is 0 Å². The van der Waals surface area contributed by atoms with Crippen molar-refractivity contribution < 1.29 is 9.90 Å². The van der Waals surface area contributed by atoms with Crippen molar-refractivity contribution in [2.45, 2.75) is 32.9 Å². The Morgan fingerprint density at radius 1 is 1.28 bits per heavy atom. The van der Waals surface area contributed by atoms with Crippen LogP contribution >= 0.6 is 0 Å². The summed E-state index contributed by atoms with van der Waals surface area (Å²) in [7, 11) is 0. The first-order chi connectivity index (χ1) is 8.52. The minimum absolute atomic E-state index is 0.0564. The van der Waals surface area contributed by atoms with Gasteiger partial charge in [0, 0.05) is 13.1 Å². The summed E-state index contributed by atoms with van der Waals surface area (Å²) in [6, 6.07) is 8.13. The highest BCUT2D eigenvalue weighted by Gasteiger charge is 2.11. The average molecular weight is 250 g/mol. The number of rotatable bonds is 6. The second-order valence-electron chi connectivity index (χ2n) is 4.88. The Morgan fingerprint density at radius 3 is 2.33 bits per heavy atom. The molecule has 0 aliphatic heterocycles. The predicted molar refractivity (Wildman–Crippen MR) is 71.9 cm³/mol. The van der Waals surface area contributed by atoms with Gasteiger partial charge in [0.25, 0.3) is 0 Å². The van der Waals surface area contributed by atoms with Crippen molar-refractivity contribution in [2.24, 2.45) is 11.7 Å². The molecule has 0 saturated carbocycles. The number of benzene rings is 1. The summed E-state index contributed by atoms with van der Waals surface area (Å²) in [6.07, 6.45) is -0.0661. The van der Waals surface area contributed by atoms with E-state index in [9.17, 15) is 9.90 Å². The van der Waals surface area contributed by atoms with Gasteiger partial charge in [-0.15, -0.1) is 0 Å². The van der Waals surface area contributed by atoms with Gasteiger partial charge in [-0.2, -0.15) is 0 Å². The molecule has 1 amide bonds. The Labute approximate surface area is 108 Å². The fraction of sp³-hybridized carbons (Fsp3) is 0.500. The van der Waals surface area contributed by atoms with Crippen molar-refractivity contribution in [1.82, 2.24) is 5.32 Å². The number of nitrogens with one attached hydrogen (secondary N) is 1. The fourth-order valence-corrected chi connectivity index (χ4v) is 1.68. The van der Waals surface area contributed by atoms with E-state index in [1.165, 1.54) is 5.56 Å². The van der Waals surface area contributed by atoms with Crippen LogP contribution in [0.2, 0.25) is 0 Å². The normalized spacial score (nSPS) is 12.5. The van der Waals surface area contributed by atoms with Crippen molar-refractivity contribution >= 4 is 5.91 Å². The quantitative estimate of drug-likeness (QED) is 0.699. The molecule has 4 heteroatoms. The van der Waals surface area contributed by atoms with Crippen molar-refractivity contribution in [1.29, 1.82) is 0 Å². The summed E-state index contributed by atoms with van der Waals surface area (Å²) < 4.78 is 0. The van der Waals surface area contributed by atoms with Crippen LogP contribution in [0, 0.1) is 5.92 Å². The molecule has 1 aromatic rings. The van der Waals surface area contributed by atoms with Crippen molar-refractivity contribution in [3.05, 3.63) is 35.4 Å². The molecule has 0 aromatic heterocycles. The molecule has 0 saturated heterocycles. The number of aliphatic hydroxyl groups is 1. The molecule has 0 bridgehead atoms. The van der Waals surface area contributed by atoms with Crippen LogP contribution in [0.15, 0.2) is 24.3 Å². The summed E-state index contributed by atoms with van der Waals surface area (Å²) in [6.45, 7) is 4.72. The highest BCUT2D eigenvalue weighted by molar-refractivity contribution is 5.80. The van der Waals surface area contributed by atoms with Gasteiger partial charge in [-0.3, -0.25) is 4.79 Å². The number of aliphatic hydroxyl groups excluding tert-OH is 1. The van der Waals surface area contributed by atoms with Gasteiger partial charge >= 0.3 is 0 Å². The smallest absolute Gasteiger partial charge is 0.250 e. The maximum atomic E-state index is 11.3. The minimum atomic E-state index is -1.12. The Hall–Kier alpha value is -1.39. The van der Waals surface area contributed by atoms with E-state index in [0.717, 1.165) is 12.0 Å². The van der Waals surface area contributed by atoms with Gasteiger partial charge in [-0.05, 0) is 23.5 Å². The minimum Gasteiger partial charge on any atom is -0.382 e. The summed E-state index contributed by atoms with van der Waals surface area (Å²) in [4.78, 5) is 11.3. The van der Waals surface area contributed by atoms with Crippen molar-refractivity contribution in [3.63, 3.8) is 0 Å². The van der Waals surface area contributed by atoms with Crippen LogP contribution in [0.5, 0.6) is 0 Å². The van der Waals surface area contributed by atoms with E-state index in [4.69, 9.17) is 5.73 Å². The molecule has 4 N–H and O–H groups in total. The molecule has 1 unspecified atom stereocenters. The SMILES string of the molecule is CC(C)Cc1ccc(CNC(=O)C(O)CN)cc1. The van der Waals surface area contributed by atoms with E-state index in [1.54, 1.807) is 0 Å². The third-order valence-electron chi connectivity index (χ3n) is 2.66. The predicted octanol–water partition coefficient (Wildman–Crippen LogP) is 0.821. The molecule has 0 aliphatic rings. The Kier molecular flexibility index (Phi) is 5.82. The van der Waals surface area contributed by atoms with Gasteiger partial charge in [-0.25, -0.2) is 0 Å². The monoisotopic (exact) mass is 250 g/mol. The van der Waals surface area contributed by atoms with Crippen LogP contribution in [0.4, 0.5) is 0 Å². The number of amides is 1. The van der Waals surface area contributed by atoms with Gasteiger partial charge < -0.3 is 16.2 Å². The third-order valence-corrected chi connectivity index (χ3v) is 2.66. The number of nitrogens with two attached hydrogens (primary N) is 1. The molecule has 0 spiro atoms. The highest BCUT2D eigenvalue weighted by Crippen LogP contribution is 2.09. The van der Waals surface area contributed by atoms with E-state index in [-0.39, 0.29) is 6.54 Å². The van der Waals surface area contributed by atoms with E-state index in [2.05, 4.69) is 31.3 Å². The Balaban J connectivity index is 2.46. The molecule has 0 radical (unpaired) electrons. The highest BCUT2D eigenvalue weighted by atomic mass is 16.3. The van der Waals surface area contributed by atoms with Gasteiger partial charge in [0.1, 0.15) is 6.10 Å². The molecule has 1 rings (SSSR count). The topological polar surface area (TPSA) is 75.3 Å². The summed E-state index contributed by atoms with van der Waals surface area (Å²) in [5.41, 5.74) is 7.50. The first kappa shape index (κ1) is 14.7. The van der Waals surface area contributed by atoms with Crippen molar-refractivity contribution in [3.8, 4) is 0 Å². The zero-order valence-electron chi connectivity index (χ0n) is 11.0. The molecule has 100 valence electrons. The van der Waals surface area contributed by atoms with Crippen LogP contribution in [0.3, 0.4) is 0 Å². The number of carbonyl (C=O) groups excluding carboxylic acids is 1. The lowest BCUT2D eigenvalue weighted by molar-refractivity contribution is -0.128. The number of hydrogen-bond acceptors (Lipinski definition) is 3. The summed E-state index contributed by atoms with van der Waals surface area (Å²) in [5.74, 6) is 0.207. The molecular weight excluding hydrogens is 228 g/mol. The molecule has 1 aromatic carbocycles. The lowest BCUT2D eigenvalue weighted by Gasteiger charge is -2.10. The zero-order valence-corrected chi connectivity index (χ0v) is 11.0. The molecule has 0 heterocycles. The molecule has 0 aliphatic carbocycles. The molecule has 0 fully saturated rings. The fourth-order valence-electron chi connectivity index (χ4n) is 1.68. The Morgan fingerprint density at radius 2 is 1.83 bits per heavy atom. The third kappa shape index (κ3) is 4.85. The van der Waals surface area contributed by atoms with Crippen LogP contribution < -0.4 is 11.1 Å². The van der Waals surface area contributed by atoms with Crippen molar-refractivity contribution in [2.75, 3.05) is 6.54 Å². The van der Waals surface area contributed by atoms with Gasteiger partial charge in [0.15, 0.2) is 0 Å². The molecule has 1 atom stereocenters. The first-order valence-electron chi connectivity index (χ1n) is 6.26. The standard InChI is InChI=1S/C14H22N2O2/c1-10(2)7-11-3-5-12(6-4-11)9-16-14(18)13(17)8-15/h3-6,10,13,17H,7-9,15H2,1-2H3,(H,16,18). The van der Waals surface area contributed by atoms with Crippen LogP contribution in [-0.4, -0.2) is 23.7 Å². The summed E-state index contributed by atoms with van der Waals surface area (Å²) >= 11 is 0. The summed E-state index contributed by atoms with van der Waals surface area (Å²) in [5, 5.41) is 11.9. The number of hydrogen-bond donors (Lipinski definition) is 3. The maximum absolute atomic E-state index is 11.3. The number of carbonyl (C=O) groups is 1. The van der Waals surface area contributed by atoms with Crippen LogP contribution in [-0.2, 0) is 17.8 Å². The van der Waals surface area contributed by atoms with Crippen LogP contribution in [0.1, 0.15) is 25.0 Å². The van der Waals surface area contributed by atoms with Gasteiger partial charge in [0.2, 0.25) is 5.91 Å². The van der Waals surface area contributed by atoms with E-state index in [1.807, 2.05) is 12.1 Å². The van der Waals surface area contributed by atoms with Gasteiger partial charge in [0.05, 0.1) is 0 Å². The lowest BCUT2D eigenvalue weighted by Crippen LogP contribution is -2.38. The molecular formula is C14H22N2O2. The Bertz CT molecular complexity index is 374. The van der Waals surface area contributed by atoms with E-state index < -0.39 is 12.0 Å². The second kappa shape index (κ2) is 7.13. The largest absolute Gasteiger partial charge is 0.382 e. The average Bonchev–Trinajstić information content (AvgIpc) is 2.36. The lowest BCUT2D eigenvalue weighted by atomic mass is 10.0. The van der Waals surface area contributed by atoms with Gasteiger partial charge in [-0.1, -0.05) is 38.1 Å². The first-order valence-corrected chi connectivity index (χ1v) is 6.26. The maximum Gasteiger partial charge on any atom is 0.250 e. The van der Waals surface area contributed by atoms with Crippen LogP contribution in [0.25, 0.3) is 0 Å². The molecule has 18 heavy (non-hydrogen) atoms. The van der Waals surface area contributed by atoms with E-state index in [0.29, 0.717) is 12.5 Å². The molecule has 4 nitrogen and oxygen atoms in total.